The zero-order chi connectivity index (χ0) is 22.0. The second-order valence-corrected chi connectivity index (χ2v) is 7.85. The average Bonchev–Trinajstić information content (AvgIpc) is 2.77. The van der Waals surface area contributed by atoms with Crippen molar-refractivity contribution in [1.82, 2.24) is 14.7 Å². The molecule has 0 N–H and O–H groups in total. The minimum atomic E-state index is -0.313. The highest BCUT2D eigenvalue weighted by Crippen LogP contribution is 2.22. The Kier molecular flexibility index (Phi) is 5.84. The van der Waals surface area contributed by atoms with Crippen molar-refractivity contribution >= 4 is 11.6 Å². The molecule has 31 heavy (non-hydrogen) atoms. The summed E-state index contributed by atoms with van der Waals surface area (Å²) in [5.41, 5.74) is 4.00. The lowest BCUT2D eigenvalue weighted by Crippen LogP contribution is -2.50. The number of halogens is 1. The van der Waals surface area contributed by atoms with Gasteiger partial charge >= 0.3 is 0 Å². The SMILES string of the molecule is Cc1ccc(C)c(-c2ccc(=O)n(CC(=O)N3CCN(c4ccccc4F)CC3)n2)c1. The molecular weight excluding hydrogens is 395 g/mol. The van der Waals surface area contributed by atoms with E-state index in [1.54, 1.807) is 29.2 Å². The van der Waals surface area contributed by atoms with Gasteiger partial charge in [0.05, 0.1) is 11.4 Å². The van der Waals surface area contributed by atoms with Crippen LogP contribution in [0.4, 0.5) is 10.1 Å². The Balaban J connectivity index is 1.46. The number of hydrogen-bond donors (Lipinski definition) is 0. The first-order chi connectivity index (χ1) is 14.9. The summed E-state index contributed by atoms with van der Waals surface area (Å²) in [5.74, 6) is -0.429. The third-order valence-electron chi connectivity index (χ3n) is 5.65. The molecule has 2 heterocycles. The molecule has 160 valence electrons. The van der Waals surface area contributed by atoms with Crippen molar-refractivity contribution in [1.29, 1.82) is 0 Å². The van der Waals surface area contributed by atoms with E-state index in [1.165, 1.54) is 16.8 Å². The first kappa shape index (κ1) is 20.8. The number of carbonyl (C=O) groups excluding carboxylic acids is 1. The lowest BCUT2D eigenvalue weighted by atomic mass is 10.0. The van der Waals surface area contributed by atoms with Crippen molar-refractivity contribution in [2.75, 3.05) is 31.1 Å². The fraction of sp³-hybridized carbons (Fsp3) is 0.292. The number of amides is 1. The van der Waals surface area contributed by atoms with E-state index in [1.807, 2.05) is 36.9 Å². The van der Waals surface area contributed by atoms with E-state index in [-0.39, 0.29) is 23.8 Å². The lowest BCUT2D eigenvalue weighted by molar-refractivity contribution is -0.132. The molecule has 3 aromatic rings. The molecule has 7 heteroatoms. The van der Waals surface area contributed by atoms with Gasteiger partial charge in [0.15, 0.2) is 0 Å². The van der Waals surface area contributed by atoms with Gasteiger partial charge in [0.1, 0.15) is 12.4 Å². The third kappa shape index (κ3) is 4.50. The summed E-state index contributed by atoms with van der Waals surface area (Å²) in [7, 11) is 0. The second-order valence-electron chi connectivity index (χ2n) is 7.85. The number of hydrogen-bond acceptors (Lipinski definition) is 4. The van der Waals surface area contributed by atoms with E-state index in [2.05, 4.69) is 5.10 Å². The average molecular weight is 420 g/mol. The van der Waals surface area contributed by atoms with E-state index < -0.39 is 0 Å². The molecular formula is C24H25FN4O2. The summed E-state index contributed by atoms with van der Waals surface area (Å²) in [6.45, 7) is 5.90. The minimum Gasteiger partial charge on any atom is -0.366 e. The number of para-hydroxylation sites is 1. The standard InChI is InChI=1S/C24H25FN4O2/c1-17-7-8-18(2)19(15-17)21-9-10-23(30)29(26-21)16-24(31)28-13-11-27(12-14-28)22-6-4-3-5-20(22)25/h3-10,15H,11-14,16H2,1-2H3. The maximum absolute atomic E-state index is 14.0. The maximum atomic E-state index is 14.0. The van der Waals surface area contributed by atoms with Gasteiger partial charge in [0.2, 0.25) is 5.91 Å². The van der Waals surface area contributed by atoms with Gasteiger partial charge in [-0.15, -0.1) is 0 Å². The van der Waals surface area contributed by atoms with Crippen LogP contribution in [0.3, 0.4) is 0 Å². The topological polar surface area (TPSA) is 58.4 Å². The molecule has 0 atom stereocenters. The normalized spacial score (nSPS) is 14.0. The third-order valence-corrected chi connectivity index (χ3v) is 5.65. The number of rotatable bonds is 4. The molecule has 0 unspecified atom stereocenters. The molecule has 4 rings (SSSR count). The largest absolute Gasteiger partial charge is 0.366 e. The van der Waals surface area contributed by atoms with Gasteiger partial charge in [-0.05, 0) is 43.7 Å². The van der Waals surface area contributed by atoms with Crippen LogP contribution in [-0.2, 0) is 11.3 Å². The number of aryl methyl sites for hydroxylation is 2. The molecule has 6 nitrogen and oxygen atoms in total. The molecule has 1 aliphatic heterocycles. The Bertz CT molecular complexity index is 1170. The molecule has 1 aromatic heterocycles. The number of aromatic nitrogens is 2. The van der Waals surface area contributed by atoms with Crippen molar-refractivity contribution in [2.24, 2.45) is 0 Å². The molecule has 1 aliphatic rings. The van der Waals surface area contributed by atoms with Crippen LogP contribution in [0, 0.1) is 19.7 Å². The summed E-state index contributed by atoms with van der Waals surface area (Å²) in [6.07, 6.45) is 0. The molecule has 0 spiro atoms. The number of carbonyl (C=O) groups is 1. The zero-order valence-corrected chi connectivity index (χ0v) is 17.7. The Morgan fingerprint density at radius 3 is 2.48 bits per heavy atom. The van der Waals surface area contributed by atoms with Crippen LogP contribution in [0.2, 0.25) is 0 Å². The van der Waals surface area contributed by atoms with E-state index >= 15 is 0 Å². The molecule has 1 amide bonds. The van der Waals surface area contributed by atoms with Crippen LogP contribution in [0.5, 0.6) is 0 Å². The molecule has 2 aromatic carbocycles. The van der Waals surface area contributed by atoms with E-state index in [9.17, 15) is 14.0 Å². The van der Waals surface area contributed by atoms with E-state index in [0.717, 1.165) is 16.7 Å². The highest BCUT2D eigenvalue weighted by Gasteiger charge is 2.23. The number of benzene rings is 2. The summed E-state index contributed by atoms with van der Waals surface area (Å²) in [4.78, 5) is 28.8. The van der Waals surface area contributed by atoms with Gasteiger partial charge in [-0.2, -0.15) is 5.10 Å². The summed E-state index contributed by atoms with van der Waals surface area (Å²) in [6, 6.07) is 15.9. The van der Waals surface area contributed by atoms with Crippen LogP contribution < -0.4 is 10.5 Å². The molecule has 0 saturated carbocycles. The van der Waals surface area contributed by atoms with E-state index in [4.69, 9.17) is 0 Å². The Morgan fingerprint density at radius 2 is 1.74 bits per heavy atom. The first-order valence-electron chi connectivity index (χ1n) is 10.4. The van der Waals surface area contributed by atoms with Gasteiger partial charge < -0.3 is 9.80 Å². The predicted octanol–water partition coefficient (Wildman–Crippen LogP) is 3.02. The van der Waals surface area contributed by atoms with Crippen molar-refractivity contribution in [3.8, 4) is 11.3 Å². The molecule has 0 bridgehead atoms. The Labute approximate surface area is 180 Å². The molecule has 0 radical (unpaired) electrons. The predicted molar refractivity (Wildman–Crippen MR) is 119 cm³/mol. The Morgan fingerprint density at radius 1 is 1.00 bits per heavy atom. The van der Waals surface area contributed by atoms with Crippen molar-refractivity contribution in [2.45, 2.75) is 20.4 Å². The number of anilines is 1. The fourth-order valence-electron chi connectivity index (χ4n) is 3.85. The fourth-order valence-corrected chi connectivity index (χ4v) is 3.85. The summed E-state index contributed by atoms with van der Waals surface area (Å²) >= 11 is 0. The zero-order valence-electron chi connectivity index (χ0n) is 17.7. The highest BCUT2D eigenvalue weighted by atomic mass is 19.1. The smallest absolute Gasteiger partial charge is 0.267 e. The molecule has 0 aliphatic carbocycles. The van der Waals surface area contributed by atoms with Gasteiger partial charge in [-0.3, -0.25) is 9.59 Å². The van der Waals surface area contributed by atoms with Crippen molar-refractivity contribution in [3.63, 3.8) is 0 Å². The summed E-state index contributed by atoms with van der Waals surface area (Å²) in [5, 5.41) is 4.45. The van der Waals surface area contributed by atoms with Gasteiger partial charge in [0, 0.05) is 37.8 Å². The monoisotopic (exact) mass is 420 g/mol. The van der Waals surface area contributed by atoms with Crippen molar-refractivity contribution in [3.05, 3.63) is 81.9 Å². The van der Waals surface area contributed by atoms with Gasteiger partial charge in [-0.25, -0.2) is 9.07 Å². The van der Waals surface area contributed by atoms with Gasteiger partial charge in [0.25, 0.3) is 5.56 Å². The highest BCUT2D eigenvalue weighted by molar-refractivity contribution is 5.76. The maximum Gasteiger partial charge on any atom is 0.267 e. The minimum absolute atomic E-state index is 0.114. The number of nitrogens with zero attached hydrogens (tertiary/aromatic N) is 4. The quantitative estimate of drug-likeness (QED) is 0.651. The van der Waals surface area contributed by atoms with Crippen LogP contribution in [0.25, 0.3) is 11.3 Å². The van der Waals surface area contributed by atoms with Crippen molar-refractivity contribution < 1.29 is 9.18 Å². The lowest BCUT2D eigenvalue weighted by Gasteiger charge is -2.36. The Hall–Kier alpha value is -3.48. The molecule has 1 saturated heterocycles. The van der Waals surface area contributed by atoms with Gasteiger partial charge in [-0.1, -0.05) is 29.8 Å². The van der Waals surface area contributed by atoms with Crippen LogP contribution >= 0.6 is 0 Å². The molecule has 1 fully saturated rings. The summed E-state index contributed by atoms with van der Waals surface area (Å²) < 4.78 is 15.2. The first-order valence-corrected chi connectivity index (χ1v) is 10.4. The second kappa shape index (κ2) is 8.71. The number of piperazine rings is 1. The van der Waals surface area contributed by atoms with Crippen LogP contribution in [0.1, 0.15) is 11.1 Å². The van der Waals surface area contributed by atoms with E-state index in [0.29, 0.717) is 37.6 Å². The van der Waals surface area contributed by atoms with Crippen LogP contribution in [-0.4, -0.2) is 46.8 Å². The van der Waals surface area contributed by atoms with Crippen LogP contribution in [0.15, 0.2) is 59.4 Å².